The Morgan fingerprint density at radius 3 is 0.966 bits per heavy atom. The van der Waals surface area contributed by atoms with Crippen molar-refractivity contribution < 1.29 is 26.4 Å². The standard InChI is InChI=1S/C18H15P.C5H5.2CO.Mn/c1-4-10-16(11-5-1)19(17-12-6-2-7-13-17)18-14-8-3-9-15-18;1-2-4-5-3-1;2*1-2;/h1-15H;1-5H;;;/q;-1;;;/p+1. The molecule has 4 aromatic carbocycles. The molecule has 29 heavy (non-hydrogen) atoms. The maximum absolute atomic E-state index is 7.50. The summed E-state index contributed by atoms with van der Waals surface area (Å²) in [7, 11) is -0.877. The van der Waals surface area contributed by atoms with E-state index in [1.165, 1.54) is 15.9 Å². The molecular formula is C25H21MnO2P. The summed E-state index contributed by atoms with van der Waals surface area (Å²) in [5.74, 6) is 0. The van der Waals surface area contributed by atoms with Crippen molar-refractivity contribution in [1.29, 1.82) is 0 Å². The molecule has 1 radical (unpaired) electrons. The minimum absolute atomic E-state index is 0. The van der Waals surface area contributed by atoms with Gasteiger partial charge in [-0.3, -0.25) is 0 Å². The monoisotopic (exact) mass is 439 g/mol. The quantitative estimate of drug-likeness (QED) is 0.195. The second-order valence-corrected chi connectivity index (χ2v) is 7.92. The Labute approximate surface area is 184 Å². The maximum Gasteiger partial charge on any atom is 0.102 e. The molecule has 2 nitrogen and oxygen atoms in total. The molecule has 4 rings (SSSR count). The fraction of sp³-hybridized carbons (Fsp3) is 0. The van der Waals surface area contributed by atoms with E-state index in [0.717, 1.165) is 0 Å². The molecule has 0 saturated carbocycles. The molecule has 0 N–H and O–H groups in total. The molecule has 145 valence electrons. The average molecular weight is 439 g/mol. The molecule has 0 spiro atoms. The van der Waals surface area contributed by atoms with E-state index >= 15 is 0 Å². The molecule has 4 aromatic rings. The van der Waals surface area contributed by atoms with Gasteiger partial charge in [0.1, 0.15) is 15.9 Å². The first-order valence-corrected chi connectivity index (χ1v) is 10.1. The molecule has 0 aromatic heterocycles. The van der Waals surface area contributed by atoms with Crippen molar-refractivity contribution in [2.45, 2.75) is 0 Å². The Balaban J connectivity index is 0.000000667. The van der Waals surface area contributed by atoms with Gasteiger partial charge < -0.3 is 0 Å². The van der Waals surface area contributed by atoms with Crippen LogP contribution in [0.1, 0.15) is 0 Å². The van der Waals surface area contributed by atoms with Gasteiger partial charge in [0.2, 0.25) is 0 Å². The second kappa shape index (κ2) is 17.5. The van der Waals surface area contributed by atoms with Crippen molar-refractivity contribution in [3.63, 3.8) is 0 Å². The normalized spacial score (nSPS) is 8.45. The van der Waals surface area contributed by atoms with E-state index in [9.17, 15) is 0 Å². The van der Waals surface area contributed by atoms with Crippen molar-refractivity contribution in [1.82, 2.24) is 0 Å². The Kier molecular flexibility index (Phi) is 16.0. The van der Waals surface area contributed by atoms with Gasteiger partial charge in [-0.1, -0.05) is 54.6 Å². The van der Waals surface area contributed by atoms with Crippen LogP contribution in [0.2, 0.25) is 0 Å². The summed E-state index contributed by atoms with van der Waals surface area (Å²) >= 11 is 0. The molecule has 0 aliphatic heterocycles. The van der Waals surface area contributed by atoms with Crippen LogP contribution in [0, 0.1) is 13.3 Å². The van der Waals surface area contributed by atoms with Gasteiger partial charge in [0, 0.05) is 17.1 Å². The van der Waals surface area contributed by atoms with E-state index in [1.807, 2.05) is 30.3 Å². The zero-order valence-corrected chi connectivity index (χ0v) is 17.9. The Morgan fingerprint density at radius 1 is 0.483 bits per heavy atom. The van der Waals surface area contributed by atoms with E-state index in [1.54, 1.807) is 0 Å². The summed E-state index contributed by atoms with van der Waals surface area (Å²) in [5.41, 5.74) is 0. The average Bonchev–Trinajstić information content (AvgIpc) is 3.39. The topological polar surface area (TPSA) is 39.8 Å². The summed E-state index contributed by atoms with van der Waals surface area (Å²) in [4.78, 5) is 0. The van der Waals surface area contributed by atoms with Crippen molar-refractivity contribution in [2.24, 2.45) is 0 Å². The van der Waals surface area contributed by atoms with E-state index < -0.39 is 7.92 Å². The molecule has 0 fully saturated rings. The van der Waals surface area contributed by atoms with Crippen LogP contribution in [0.4, 0.5) is 0 Å². The number of hydrogen-bond acceptors (Lipinski definition) is 0. The maximum atomic E-state index is 7.50. The number of hydrogen-bond donors (Lipinski definition) is 0. The first kappa shape index (κ1) is 26.4. The van der Waals surface area contributed by atoms with Crippen LogP contribution in [0.15, 0.2) is 121 Å². The van der Waals surface area contributed by atoms with Crippen LogP contribution in [0.5, 0.6) is 0 Å². The van der Waals surface area contributed by atoms with Gasteiger partial charge in [-0.25, -0.2) is 12.1 Å². The van der Waals surface area contributed by atoms with Crippen molar-refractivity contribution in [3.05, 3.63) is 135 Å². The van der Waals surface area contributed by atoms with Crippen LogP contribution in [-0.2, 0) is 26.4 Å². The predicted molar refractivity (Wildman–Crippen MR) is 116 cm³/mol. The van der Waals surface area contributed by atoms with E-state index in [0.29, 0.717) is 0 Å². The van der Waals surface area contributed by atoms with Gasteiger partial charge in [0.05, 0.1) is 7.92 Å². The third-order valence-corrected chi connectivity index (χ3v) is 6.47. The van der Waals surface area contributed by atoms with Crippen molar-refractivity contribution >= 4 is 23.8 Å². The van der Waals surface area contributed by atoms with E-state index in [-0.39, 0.29) is 17.1 Å². The van der Waals surface area contributed by atoms with E-state index in [2.05, 4.69) is 104 Å². The van der Waals surface area contributed by atoms with Crippen LogP contribution < -0.4 is 15.9 Å². The van der Waals surface area contributed by atoms with Gasteiger partial charge >= 0.3 is 22.6 Å². The van der Waals surface area contributed by atoms with Gasteiger partial charge in [0.25, 0.3) is 0 Å². The predicted octanol–water partition coefficient (Wildman–Crippen LogP) is 4.51. The van der Waals surface area contributed by atoms with Crippen molar-refractivity contribution in [3.8, 4) is 0 Å². The number of benzene rings is 3. The zero-order chi connectivity index (χ0) is 20.5. The van der Waals surface area contributed by atoms with Crippen LogP contribution in [-0.4, -0.2) is 0 Å². The molecule has 4 heteroatoms. The Hall–Kier alpha value is -2.56. The minimum atomic E-state index is -0.877. The molecule has 0 heterocycles. The van der Waals surface area contributed by atoms with E-state index in [4.69, 9.17) is 9.30 Å². The van der Waals surface area contributed by atoms with Crippen LogP contribution >= 0.6 is 7.92 Å². The van der Waals surface area contributed by atoms with Gasteiger partial charge in [-0.2, -0.15) is 18.2 Å². The summed E-state index contributed by atoms with van der Waals surface area (Å²) in [5, 5.41) is 4.31. The minimum Gasteiger partial charge on any atom is -0.214 e. The molecule has 0 atom stereocenters. The SMILES string of the molecule is [C-]#[O+].[C-]#[O+].[Mn].c1cc[cH-]c1.c1ccc([PH+](c2ccccc2)c2ccccc2)cc1. The number of rotatable bonds is 3. The molecule has 0 aliphatic rings. The molecule has 0 amide bonds. The summed E-state index contributed by atoms with van der Waals surface area (Å²) in [6, 6.07) is 42.5. The Bertz CT molecular complexity index is 773. The fourth-order valence-corrected chi connectivity index (χ4v) is 5.21. The summed E-state index contributed by atoms with van der Waals surface area (Å²) in [6.07, 6.45) is 0. The first-order valence-electron chi connectivity index (χ1n) is 8.56. The largest absolute Gasteiger partial charge is 0.214 e. The summed E-state index contributed by atoms with van der Waals surface area (Å²) in [6.45, 7) is 9.00. The zero-order valence-electron chi connectivity index (χ0n) is 15.7. The third kappa shape index (κ3) is 9.46. The van der Waals surface area contributed by atoms with Gasteiger partial charge in [0.15, 0.2) is 0 Å². The first-order chi connectivity index (χ1) is 13.9. The molecule has 0 bridgehead atoms. The molecule has 0 unspecified atom stereocenters. The summed E-state index contributed by atoms with van der Waals surface area (Å²) < 4.78 is 15.0. The van der Waals surface area contributed by atoms with Crippen molar-refractivity contribution in [2.75, 3.05) is 0 Å². The fourth-order valence-electron chi connectivity index (χ4n) is 2.64. The second-order valence-electron chi connectivity index (χ2n) is 5.44. The Morgan fingerprint density at radius 2 is 0.759 bits per heavy atom. The van der Waals surface area contributed by atoms with Gasteiger partial charge in [-0.05, 0) is 36.4 Å². The smallest absolute Gasteiger partial charge is 0.102 e. The van der Waals surface area contributed by atoms with Crippen LogP contribution in [0.25, 0.3) is 0 Å². The third-order valence-electron chi connectivity index (χ3n) is 3.74. The van der Waals surface area contributed by atoms with Gasteiger partial charge in [-0.15, -0.1) is 0 Å². The molecule has 0 aliphatic carbocycles. The molecule has 0 saturated heterocycles. The van der Waals surface area contributed by atoms with Crippen LogP contribution in [0.3, 0.4) is 0 Å². The molecular weight excluding hydrogens is 418 g/mol.